The van der Waals surface area contributed by atoms with Gasteiger partial charge in [-0.3, -0.25) is 19.1 Å². The fourth-order valence-electron chi connectivity index (χ4n) is 3.66. The number of aryl methyl sites for hydroxylation is 2. The average Bonchev–Trinajstić information content (AvgIpc) is 3.32. The number of nitrogens with zero attached hydrogens (tertiary/aromatic N) is 5. The second-order valence-corrected chi connectivity index (χ2v) is 7.53. The number of halogens is 3. The van der Waals surface area contributed by atoms with Crippen molar-refractivity contribution in [3.8, 4) is 11.3 Å². The molecule has 1 aliphatic heterocycles. The van der Waals surface area contributed by atoms with Crippen molar-refractivity contribution in [2.24, 2.45) is 7.05 Å². The number of carbonyl (C=O) groups is 1. The van der Waals surface area contributed by atoms with E-state index >= 15 is 0 Å². The van der Waals surface area contributed by atoms with E-state index in [1.54, 1.807) is 29.9 Å². The van der Waals surface area contributed by atoms with Gasteiger partial charge in [0.2, 0.25) is 0 Å². The maximum atomic E-state index is 12.9. The monoisotopic (exact) mass is 434 g/mol. The van der Waals surface area contributed by atoms with Gasteiger partial charge in [-0.25, -0.2) is 0 Å². The number of fused-ring (bicyclic) bond motifs is 1. The van der Waals surface area contributed by atoms with E-state index in [1.807, 2.05) is 6.07 Å². The normalized spacial score (nSPS) is 17.3. The van der Waals surface area contributed by atoms with Crippen LogP contribution in [0, 0.1) is 0 Å². The minimum Gasteiger partial charge on any atom is -0.387 e. The van der Waals surface area contributed by atoms with E-state index in [2.05, 4.69) is 20.5 Å². The zero-order valence-corrected chi connectivity index (χ0v) is 16.9. The van der Waals surface area contributed by atoms with Crippen LogP contribution in [0.3, 0.4) is 0 Å². The first-order valence-electron chi connectivity index (χ1n) is 9.77. The Labute approximate surface area is 175 Å². The Morgan fingerprint density at radius 3 is 2.74 bits per heavy atom. The summed E-state index contributed by atoms with van der Waals surface area (Å²) in [5, 5.41) is 20.6. The lowest BCUT2D eigenvalue weighted by atomic mass is 10.0. The molecule has 0 saturated carbocycles. The lowest BCUT2D eigenvalue weighted by molar-refractivity contribution is -0.141. The smallest absolute Gasteiger partial charge is 0.387 e. The van der Waals surface area contributed by atoms with Crippen molar-refractivity contribution in [1.82, 2.24) is 29.9 Å². The Balaban J connectivity index is 1.59. The molecule has 2 atom stereocenters. The van der Waals surface area contributed by atoms with Crippen LogP contribution in [0.1, 0.15) is 59.5 Å². The van der Waals surface area contributed by atoms with Gasteiger partial charge in [0.1, 0.15) is 5.69 Å². The Morgan fingerprint density at radius 2 is 2.06 bits per heavy atom. The number of aliphatic hydroxyl groups excluding tert-OH is 1. The lowest BCUT2D eigenvalue weighted by Gasteiger charge is -2.24. The number of nitrogens with one attached hydrogen (secondary N) is 1. The summed E-state index contributed by atoms with van der Waals surface area (Å²) in [5.41, 5.74) is 1.45. The number of aromatic nitrogens is 5. The van der Waals surface area contributed by atoms with Gasteiger partial charge >= 0.3 is 6.18 Å². The summed E-state index contributed by atoms with van der Waals surface area (Å²) < 4.78 is 41.4. The van der Waals surface area contributed by atoms with Crippen molar-refractivity contribution in [2.75, 3.05) is 0 Å². The number of aliphatic hydroxyl groups is 1. The van der Waals surface area contributed by atoms with Gasteiger partial charge in [0.05, 0.1) is 29.2 Å². The summed E-state index contributed by atoms with van der Waals surface area (Å²) in [7, 11) is 1.30. The summed E-state index contributed by atoms with van der Waals surface area (Å²) in [5.74, 6) is -0.632. The second kappa shape index (κ2) is 7.80. The molecule has 31 heavy (non-hydrogen) atoms. The number of hydrogen-bond acceptors (Lipinski definition) is 5. The van der Waals surface area contributed by atoms with Gasteiger partial charge in [-0.15, -0.1) is 0 Å². The Kier molecular flexibility index (Phi) is 5.29. The predicted octanol–water partition coefficient (Wildman–Crippen LogP) is 3.02. The Morgan fingerprint density at radius 1 is 1.29 bits per heavy atom. The van der Waals surface area contributed by atoms with Crippen LogP contribution in [0.4, 0.5) is 13.2 Å². The molecule has 3 aromatic rings. The zero-order chi connectivity index (χ0) is 22.3. The molecule has 8 nitrogen and oxygen atoms in total. The first-order chi connectivity index (χ1) is 14.6. The molecule has 164 valence electrons. The van der Waals surface area contributed by atoms with E-state index in [4.69, 9.17) is 0 Å². The van der Waals surface area contributed by atoms with E-state index in [0.29, 0.717) is 24.4 Å². The van der Waals surface area contributed by atoms with E-state index in [9.17, 15) is 23.1 Å². The molecule has 0 aliphatic carbocycles. The molecule has 2 unspecified atom stereocenters. The molecule has 4 heterocycles. The lowest BCUT2D eigenvalue weighted by Crippen LogP contribution is -2.33. The number of pyridine rings is 1. The van der Waals surface area contributed by atoms with Gasteiger partial charge in [0.25, 0.3) is 5.91 Å². The standard InChI is InChI=1S/C20H21F3N6O2/c1-11(30)14-8-12(5-6-24-14)15-9-16-13(4-3-7-29(16)26-15)25-19(31)17-10-18(20(21,22)23)27-28(17)2/h5-6,8-11,13,30H,3-4,7H2,1-2H3,(H,25,31). The van der Waals surface area contributed by atoms with Crippen molar-refractivity contribution in [1.29, 1.82) is 0 Å². The average molecular weight is 434 g/mol. The summed E-state index contributed by atoms with van der Waals surface area (Å²) in [4.78, 5) is 16.8. The molecule has 0 radical (unpaired) electrons. The van der Waals surface area contributed by atoms with Crippen LogP contribution >= 0.6 is 0 Å². The molecule has 0 saturated heterocycles. The van der Waals surface area contributed by atoms with Crippen LogP contribution in [0.25, 0.3) is 11.3 Å². The molecule has 1 amide bonds. The highest BCUT2D eigenvalue weighted by Gasteiger charge is 2.36. The van der Waals surface area contributed by atoms with Gasteiger partial charge in [-0.1, -0.05) is 0 Å². The molecular formula is C20H21F3N6O2. The van der Waals surface area contributed by atoms with E-state index < -0.39 is 29.9 Å². The maximum Gasteiger partial charge on any atom is 0.435 e. The van der Waals surface area contributed by atoms with E-state index in [0.717, 1.165) is 28.4 Å². The molecule has 11 heteroatoms. The SMILES string of the molecule is CC(O)c1cc(-c2cc3n(n2)CCCC3NC(=O)c2cc(C(F)(F)F)nn2C)ccn1. The number of carbonyl (C=O) groups excluding carboxylic acids is 1. The molecule has 0 bridgehead atoms. The van der Waals surface area contributed by atoms with E-state index in [1.165, 1.54) is 7.05 Å². The highest BCUT2D eigenvalue weighted by molar-refractivity contribution is 5.93. The highest BCUT2D eigenvalue weighted by Crippen LogP contribution is 2.31. The van der Waals surface area contributed by atoms with Crippen molar-refractivity contribution >= 4 is 5.91 Å². The molecule has 1 aliphatic rings. The predicted molar refractivity (Wildman–Crippen MR) is 104 cm³/mol. The largest absolute Gasteiger partial charge is 0.435 e. The van der Waals surface area contributed by atoms with Gasteiger partial charge in [0.15, 0.2) is 5.69 Å². The number of amides is 1. The summed E-state index contributed by atoms with van der Waals surface area (Å²) >= 11 is 0. The van der Waals surface area contributed by atoms with Crippen LogP contribution in [0.5, 0.6) is 0 Å². The zero-order valence-electron chi connectivity index (χ0n) is 16.9. The molecule has 4 rings (SSSR count). The molecular weight excluding hydrogens is 413 g/mol. The minimum absolute atomic E-state index is 0.167. The van der Waals surface area contributed by atoms with Crippen LogP contribution in [0.15, 0.2) is 30.5 Å². The summed E-state index contributed by atoms with van der Waals surface area (Å²) in [6.07, 6.45) is -2.35. The third kappa shape index (κ3) is 4.18. The highest BCUT2D eigenvalue weighted by atomic mass is 19.4. The molecule has 0 spiro atoms. The van der Waals surface area contributed by atoms with Gasteiger partial charge in [0, 0.05) is 31.4 Å². The van der Waals surface area contributed by atoms with Crippen molar-refractivity contribution in [3.05, 3.63) is 53.2 Å². The topological polar surface area (TPSA) is 97.9 Å². The van der Waals surface area contributed by atoms with Gasteiger partial charge < -0.3 is 10.4 Å². The van der Waals surface area contributed by atoms with Crippen molar-refractivity contribution < 1.29 is 23.1 Å². The quantitative estimate of drug-likeness (QED) is 0.658. The van der Waals surface area contributed by atoms with Crippen molar-refractivity contribution in [2.45, 2.75) is 44.6 Å². The fraction of sp³-hybridized carbons (Fsp3) is 0.400. The Hall–Kier alpha value is -3.21. The van der Waals surface area contributed by atoms with E-state index in [-0.39, 0.29) is 5.69 Å². The maximum absolute atomic E-state index is 12.9. The number of rotatable bonds is 4. The van der Waals surface area contributed by atoms with Crippen molar-refractivity contribution in [3.63, 3.8) is 0 Å². The van der Waals surface area contributed by atoms with Crippen LogP contribution < -0.4 is 5.32 Å². The Bertz CT molecular complexity index is 1120. The fourth-order valence-corrected chi connectivity index (χ4v) is 3.66. The minimum atomic E-state index is -4.62. The molecule has 3 aromatic heterocycles. The first kappa shape index (κ1) is 21.0. The first-order valence-corrected chi connectivity index (χ1v) is 9.77. The summed E-state index contributed by atoms with van der Waals surface area (Å²) in [6.45, 7) is 2.29. The number of hydrogen-bond donors (Lipinski definition) is 2. The second-order valence-electron chi connectivity index (χ2n) is 7.53. The van der Waals surface area contributed by atoms with Crippen LogP contribution in [-0.4, -0.2) is 35.6 Å². The third-order valence-electron chi connectivity index (χ3n) is 5.24. The van der Waals surface area contributed by atoms with Crippen LogP contribution in [-0.2, 0) is 19.8 Å². The van der Waals surface area contributed by atoms with Gasteiger partial charge in [-0.05, 0) is 38.0 Å². The molecule has 0 aromatic carbocycles. The summed E-state index contributed by atoms with van der Waals surface area (Å²) in [6, 6.07) is 5.72. The van der Waals surface area contributed by atoms with Gasteiger partial charge in [-0.2, -0.15) is 23.4 Å². The molecule has 2 N–H and O–H groups in total. The number of alkyl halides is 3. The third-order valence-corrected chi connectivity index (χ3v) is 5.24. The molecule has 0 fully saturated rings. The van der Waals surface area contributed by atoms with Crippen LogP contribution in [0.2, 0.25) is 0 Å².